The molecule has 0 bridgehead atoms. The fourth-order valence-corrected chi connectivity index (χ4v) is 4.84. The summed E-state index contributed by atoms with van der Waals surface area (Å²) < 4.78 is 5.80. The maximum Gasteiger partial charge on any atom is 0.123 e. The van der Waals surface area contributed by atoms with Gasteiger partial charge in [-0.2, -0.15) is 0 Å². The fourth-order valence-electron chi connectivity index (χ4n) is 2.91. The van der Waals surface area contributed by atoms with E-state index in [-0.39, 0.29) is 13.2 Å². The molecule has 0 spiro atoms. The van der Waals surface area contributed by atoms with Crippen molar-refractivity contribution in [2.75, 3.05) is 64.1 Å². The molecule has 0 amide bonds. The Hall–Kier alpha value is -0.510. The molecule has 0 aromatic carbocycles. The highest BCUT2D eigenvalue weighted by atomic mass is 33.1. The average molecular weight is 403 g/mol. The molecule has 0 radical (unpaired) electrons. The van der Waals surface area contributed by atoms with Crippen LogP contribution in [0.25, 0.3) is 0 Å². The van der Waals surface area contributed by atoms with Crippen molar-refractivity contribution < 1.29 is 14.9 Å². The van der Waals surface area contributed by atoms with Crippen molar-refractivity contribution in [3.05, 3.63) is 23.5 Å². The van der Waals surface area contributed by atoms with E-state index in [9.17, 15) is 10.2 Å². The highest BCUT2D eigenvalue weighted by molar-refractivity contribution is 8.73. The topological polar surface area (TPSA) is 69.1 Å². The van der Waals surface area contributed by atoms with Crippen molar-refractivity contribution in [1.82, 2.24) is 14.8 Å². The van der Waals surface area contributed by atoms with Crippen LogP contribution in [0.2, 0.25) is 0 Å². The summed E-state index contributed by atoms with van der Waals surface area (Å²) in [5.41, 5.74) is 1.05. The molecular weight excluding hydrogens is 370 g/mol. The smallest absolute Gasteiger partial charge is 0.123 e. The molecule has 1 aliphatic rings. The number of aliphatic hydroxyl groups is 2. The van der Waals surface area contributed by atoms with Crippen LogP contribution < -0.4 is 4.74 Å². The Bertz CT molecular complexity index is 504. The minimum Gasteiger partial charge on any atom is -0.492 e. The zero-order valence-corrected chi connectivity index (χ0v) is 17.5. The SMILES string of the molecule is C[S+](C)SCCCN1CCN(CCOc2cc(CO)nc(CO)c2)CC1. The van der Waals surface area contributed by atoms with Crippen molar-refractivity contribution in [3.8, 4) is 5.75 Å². The number of aromatic nitrogens is 1. The van der Waals surface area contributed by atoms with Gasteiger partial charge in [-0.25, -0.2) is 0 Å². The lowest BCUT2D eigenvalue weighted by Gasteiger charge is -2.34. The second-order valence-corrected chi connectivity index (χ2v) is 11.4. The highest BCUT2D eigenvalue weighted by Gasteiger charge is 2.16. The molecule has 0 aliphatic carbocycles. The van der Waals surface area contributed by atoms with E-state index in [1.807, 2.05) is 0 Å². The van der Waals surface area contributed by atoms with Crippen LogP contribution in [0.3, 0.4) is 0 Å². The fraction of sp³-hybridized carbons (Fsp3) is 0.722. The van der Waals surface area contributed by atoms with Gasteiger partial charge in [0.25, 0.3) is 0 Å². The highest BCUT2D eigenvalue weighted by Crippen LogP contribution is 2.15. The molecule has 148 valence electrons. The lowest BCUT2D eigenvalue weighted by Crippen LogP contribution is -2.47. The predicted octanol–water partition coefficient (Wildman–Crippen LogP) is 0.979. The maximum atomic E-state index is 9.23. The van der Waals surface area contributed by atoms with Gasteiger partial charge in [0.15, 0.2) is 0 Å². The third-order valence-corrected chi connectivity index (χ3v) is 7.15. The first-order valence-corrected chi connectivity index (χ1v) is 12.6. The van der Waals surface area contributed by atoms with Gasteiger partial charge in [-0.1, -0.05) is 0 Å². The lowest BCUT2D eigenvalue weighted by atomic mass is 10.3. The monoisotopic (exact) mass is 402 g/mol. The summed E-state index contributed by atoms with van der Waals surface area (Å²) in [6.07, 6.45) is 5.85. The summed E-state index contributed by atoms with van der Waals surface area (Å²) in [6, 6.07) is 3.46. The Morgan fingerprint density at radius 2 is 1.62 bits per heavy atom. The maximum absolute atomic E-state index is 9.23. The van der Waals surface area contributed by atoms with E-state index < -0.39 is 0 Å². The zero-order valence-electron chi connectivity index (χ0n) is 15.9. The lowest BCUT2D eigenvalue weighted by molar-refractivity contribution is 0.117. The van der Waals surface area contributed by atoms with E-state index in [2.05, 4.69) is 38.1 Å². The number of piperazine rings is 1. The van der Waals surface area contributed by atoms with Gasteiger partial charge in [-0.15, -0.1) is 0 Å². The van der Waals surface area contributed by atoms with E-state index in [1.54, 1.807) is 12.1 Å². The molecule has 0 saturated carbocycles. The largest absolute Gasteiger partial charge is 0.492 e. The van der Waals surface area contributed by atoms with Gasteiger partial charge < -0.3 is 19.8 Å². The first-order chi connectivity index (χ1) is 12.6. The van der Waals surface area contributed by atoms with Crippen LogP contribution >= 0.6 is 10.8 Å². The van der Waals surface area contributed by atoms with Crippen LogP contribution in [0, 0.1) is 0 Å². The summed E-state index contributed by atoms with van der Waals surface area (Å²) >= 11 is 0. The first kappa shape index (κ1) is 21.8. The molecule has 1 aliphatic heterocycles. The van der Waals surface area contributed by atoms with Crippen molar-refractivity contribution >= 4 is 20.7 Å². The van der Waals surface area contributed by atoms with Gasteiger partial charge >= 0.3 is 0 Å². The van der Waals surface area contributed by atoms with Crippen LogP contribution in [-0.4, -0.2) is 89.1 Å². The third-order valence-electron chi connectivity index (χ3n) is 4.31. The first-order valence-electron chi connectivity index (χ1n) is 9.10. The standard InChI is InChI=1S/C18H32N3O3S2/c1-26(2)25-11-3-4-20-5-7-21(8-6-20)9-10-24-18-12-16(14-22)19-17(13-18)15-23/h12-13,22-23H,3-11,14-15H2,1-2H3/q+1. The molecule has 2 heterocycles. The third kappa shape index (κ3) is 8.02. The summed E-state index contributed by atoms with van der Waals surface area (Å²) in [6.45, 7) is 6.84. The van der Waals surface area contributed by atoms with Gasteiger partial charge in [-0.3, -0.25) is 9.88 Å². The normalized spacial score (nSPS) is 16.3. The molecule has 6 nitrogen and oxygen atoms in total. The van der Waals surface area contributed by atoms with Crippen molar-refractivity contribution in [1.29, 1.82) is 0 Å². The number of hydrogen-bond donors (Lipinski definition) is 2. The molecule has 2 N–H and O–H groups in total. The molecule has 1 aromatic rings. The molecule has 1 aromatic heterocycles. The van der Waals surface area contributed by atoms with Gasteiger partial charge in [-0.05, 0) is 13.0 Å². The Morgan fingerprint density at radius 1 is 1.04 bits per heavy atom. The van der Waals surface area contributed by atoms with Gasteiger partial charge in [0.1, 0.15) is 24.9 Å². The number of pyridine rings is 1. The quantitative estimate of drug-likeness (QED) is 0.325. The van der Waals surface area contributed by atoms with Crippen LogP contribution in [0.4, 0.5) is 0 Å². The van der Waals surface area contributed by atoms with E-state index >= 15 is 0 Å². The van der Waals surface area contributed by atoms with E-state index in [1.165, 1.54) is 18.7 Å². The molecule has 1 saturated heterocycles. The molecular formula is C18H32N3O3S2+. The predicted molar refractivity (Wildman–Crippen MR) is 111 cm³/mol. The second kappa shape index (κ2) is 12.0. The van der Waals surface area contributed by atoms with Gasteiger partial charge in [0.05, 0.1) is 45.3 Å². The summed E-state index contributed by atoms with van der Waals surface area (Å²) in [5.74, 6) is 1.93. The van der Waals surface area contributed by atoms with Gasteiger partial charge in [0.2, 0.25) is 0 Å². The average Bonchev–Trinajstić information content (AvgIpc) is 2.66. The summed E-state index contributed by atoms with van der Waals surface area (Å²) in [7, 11) is 2.57. The molecule has 2 rings (SSSR count). The second-order valence-electron chi connectivity index (χ2n) is 6.55. The number of aliphatic hydroxyl groups excluding tert-OH is 2. The molecule has 0 unspecified atom stereocenters. The number of nitrogens with zero attached hydrogens (tertiary/aromatic N) is 3. The molecule has 8 heteroatoms. The van der Waals surface area contributed by atoms with E-state index in [0.29, 0.717) is 33.7 Å². The summed E-state index contributed by atoms with van der Waals surface area (Å²) in [4.78, 5) is 9.11. The van der Waals surface area contributed by atoms with Crippen LogP contribution in [-0.2, 0) is 23.1 Å². The van der Waals surface area contributed by atoms with Crippen molar-refractivity contribution in [2.45, 2.75) is 19.6 Å². The van der Waals surface area contributed by atoms with E-state index in [0.717, 1.165) is 32.7 Å². The van der Waals surface area contributed by atoms with Crippen LogP contribution in [0.5, 0.6) is 5.75 Å². The minimum absolute atomic E-state index is 0.151. The zero-order chi connectivity index (χ0) is 18.8. The number of hydrogen-bond acceptors (Lipinski definition) is 7. The van der Waals surface area contributed by atoms with Crippen LogP contribution in [0.1, 0.15) is 17.8 Å². The molecule has 26 heavy (non-hydrogen) atoms. The minimum atomic E-state index is -0.151. The van der Waals surface area contributed by atoms with Crippen LogP contribution in [0.15, 0.2) is 12.1 Å². The summed E-state index contributed by atoms with van der Waals surface area (Å²) in [5, 5.41) is 18.5. The molecule has 0 atom stereocenters. The van der Waals surface area contributed by atoms with Crippen molar-refractivity contribution in [2.24, 2.45) is 0 Å². The van der Waals surface area contributed by atoms with Crippen molar-refractivity contribution in [3.63, 3.8) is 0 Å². The van der Waals surface area contributed by atoms with E-state index in [4.69, 9.17) is 4.74 Å². The number of rotatable bonds is 11. The Morgan fingerprint density at radius 3 is 2.15 bits per heavy atom. The van der Waals surface area contributed by atoms with Gasteiger partial charge in [0, 0.05) is 50.6 Å². The Balaban J connectivity index is 1.63. The number of ether oxygens (including phenoxy) is 1. The Kier molecular flexibility index (Phi) is 10.1. The Labute approximate surface area is 163 Å². The molecule has 1 fully saturated rings.